The van der Waals surface area contributed by atoms with Crippen molar-refractivity contribution in [3.63, 3.8) is 0 Å². The summed E-state index contributed by atoms with van der Waals surface area (Å²) in [5, 5.41) is 4.19. The number of hydrogen-bond donors (Lipinski definition) is 0. The van der Waals surface area contributed by atoms with E-state index >= 15 is 0 Å². The van der Waals surface area contributed by atoms with Gasteiger partial charge in [-0.2, -0.15) is 5.10 Å². The Balaban J connectivity index is 2.85. The molecule has 1 rings (SSSR count). The summed E-state index contributed by atoms with van der Waals surface area (Å²) in [6.45, 7) is 5.35. The van der Waals surface area contributed by atoms with Crippen LogP contribution in [0.15, 0.2) is 6.20 Å². The van der Waals surface area contributed by atoms with Crippen LogP contribution >= 0.6 is 0 Å². The van der Waals surface area contributed by atoms with Gasteiger partial charge >= 0.3 is 0 Å². The fourth-order valence-corrected chi connectivity index (χ4v) is 1.94. The van der Waals surface area contributed by atoms with Crippen molar-refractivity contribution in [3.05, 3.63) is 11.9 Å². The van der Waals surface area contributed by atoms with Gasteiger partial charge in [-0.25, -0.2) is 0 Å². The molecule has 0 spiro atoms. The molecule has 5 nitrogen and oxygen atoms in total. The SMILES string of the molecule is CCCn1ncc(OC)c1C(=O)CC(C)COC. The summed E-state index contributed by atoms with van der Waals surface area (Å²) >= 11 is 0. The summed E-state index contributed by atoms with van der Waals surface area (Å²) in [6.07, 6.45) is 2.97. The summed E-state index contributed by atoms with van der Waals surface area (Å²) in [4.78, 5) is 12.3. The molecular weight excluding hydrogens is 232 g/mol. The van der Waals surface area contributed by atoms with E-state index in [4.69, 9.17) is 9.47 Å². The number of Topliss-reactive ketones (excluding diaryl/α,β-unsaturated/α-hetero) is 1. The molecule has 1 heterocycles. The number of methoxy groups -OCH3 is 2. The maximum absolute atomic E-state index is 12.3. The third kappa shape index (κ3) is 3.57. The molecule has 0 aliphatic rings. The van der Waals surface area contributed by atoms with Gasteiger partial charge in [-0.1, -0.05) is 13.8 Å². The first kappa shape index (κ1) is 14.7. The number of carbonyl (C=O) groups excluding carboxylic acids is 1. The smallest absolute Gasteiger partial charge is 0.185 e. The maximum atomic E-state index is 12.3. The lowest BCUT2D eigenvalue weighted by molar-refractivity contribution is 0.0906. The molecule has 102 valence electrons. The van der Waals surface area contributed by atoms with Gasteiger partial charge in [0.15, 0.2) is 11.5 Å². The number of aryl methyl sites for hydroxylation is 1. The lowest BCUT2D eigenvalue weighted by Crippen LogP contribution is -2.16. The summed E-state index contributed by atoms with van der Waals surface area (Å²) in [5.74, 6) is 0.803. The highest BCUT2D eigenvalue weighted by atomic mass is 16.5. The van der Waals surface area contributed by atoms with Crippen LogP contribution in [0.4, 0.5) is 0 Å². The van der Waals surface area contributed by atoms with Crippen molar-refractivity contribution in [2.24, 2.45) is 5.92 Å². The molecule has 0 amide bonds. The summed E-state index contributed by atoms with van der Waals surface area (Å²) in [5.41, 5.74) is 0.572. The van der Waals surface area contributed by atoms with Gasteiger partial charge in [0.05, 0.1) is 13.3 Å². The van der Waals surface area contributed by atoms with Crippen molar-refractivity contribution in [3.8, 4) is 5.75 Å². The number of rotatable bonds is 8. The van der Waals surface area contributed by atoms with Gasteiger partial charge < -0.3 is 9.47 Å². The van der Waals surface area contributed by atoms with Crippen LogP contribution in [0.2, 0.25) is 0 Å². The molecular formula is C13H22N2O3. The number of ether oxygens (including phenoxy) is 2. The first-order valence-corrected chi connectivity index (χ1v) is 6.25. The van der Waals surface area contributed by atoms with E-state index in [1.165, 1.54) is 0 Å². The average molecular weight is 254 g/mol. The van der Waals surface area contributed by atoms with Crippen molar-refractivity contribution in [1.29, 1.82) is 0 Å². The number of aromatic nitrogens is 2. The summed E-state index contributed by atoms with van der Waals surface area (Å²) < 4.78 is 12.0. The third-order valence-corrected chi connectivity index (χ3v) is 2.71. The van der Waals surface area contributed by atoms with Gasteiger partial charge in [-0.05, 0) is 12.3 Å². The van der Waals surface area contributed by atoms with Crippen LogP contribution in [0.25, 0.3) is 0 Å². The Morgan fingerprint density at radius 2 is 2.22 bits per heavy atom. The van der Waals surface area contributed by atoms with Crippen molar-refractivity contribution in [2.75, 3.05) is 20.8 Å². The molecule has 0 aromatic carbocycles. The highest BCUT2D eigenvalue weighted by Crippen LogP contribution is 2.21. The van der Waals surface area contributed by atoms with Crippen molar-refractivity contribution in [1.82, 2.24) is 9.78 Å². The van der Waals surface area contributed by atoms with Crippen LogP contribution in [0.5, 0.6) is 5.75 Å². The molecule has 5 heteroatoms. The zero-order valence-corrected chi connectivity index (χ0v) is 11.6. The fraction of sp³-hybridized carbons (Fsp3) is 0.692. The topological polar surface area (TPSA) is 53.4 Å². The Morgan fingerprint density at radius 1 is 1.50 bits per heavy atom. The van der Waals surface area contributed by atoms with E-state index in [0.717, 1.165) is 13.0 Å². The Bertz CT molecular complexity index is 388. The minimum Gasteiger partial charge on any atom is -0.493 e. The lowest BCUT2D eigenvalue weighted by Gasteiger charge is -2.11. The molecule has 0 saturated carbocycles. The average Bonchev–Trinajstić information content (AvgIpc) is 2.72. The molecule has 0 radical (unpaired) electrons. The standard InChI is InChI=1S/C13H22N2O3/c1-5-6-15-13(12(18-4)8-14-15)11(16)7-10(2)9-17-3/h8,10H,5-7,9H2,1-4H3. The van der Waals surface area contributed by atoms with Crippen molar-refractivity contribution in [2.45, 2.75) is 33.2 Å². The van der Waals surface area contributed by atoms with E-state index in [9.17, 15) is 4.79 Å². The summed E-state index contributed by atoms with van der Waals surface area (Å²) in [6, 6.07) is 0. The predicted molar refractivity (Wildman–Crippen MR) is 69.1 cm³/mol. The van der Waals surface area contributed by atoms with Crippen LogP contribution in [0, 0.1) is 5.92 Å². The van der Waals surface area contributed by atoms with Gasteiger partial charge in [0.2, 0.25) is 0 Å². The number of hydrogen-bond acceptors (Lipinski definition) is 4. The summed E-state index contributed by atoms with van der Waals surface area (Å²) in [7, 11) is 3.20. The molecule has 1 aromatic heterocycles. The van der Waals surface area contributed by atoms with Gasteiger partial charge in [0.25, 0.3) is 0 Å². The molecule has 1 unspecified atom stereocenters. The van der Waals surface area contributed by atoms with Crippen LogP contribution in [-0.4, -0.2) is 36.4 Å². The quantitative estimate of drug-likeness (QED) is 0.667. The molecule has 0 fully saturated rings. The molecule has 18 heavy (non-hydrogen) atoms. The second-order valence-corrected chi connectivity index (χ2v) is 4.47. The number of ketones is 1. The first-order valence-electron chi connectivity index (χ1n) is 6.25. The number of carbonyl (C=O) groups is 1. The van der Waals surface area contributed by atoms with E-state index in [0.29, 0.717) is 24.5 Å². The van der Waals surface area contributed by atoms with E-state index in [2.05, 4.69) is 12.0 Å². The van der Waals surface area contributed by atoms with Gasteiger partial charge in [-0.3, -0.25) is 9.48 Å². The zero-order valence-electron chi connectivity index (χ0n) is 11.6. The Hall–Kier alpha value is -1.36. The fourth-order valence-electron chi connectivity index (χ4n) is 1.94. The molecule has 0 bridgehead atoms. The largest absolute Gasteiger partial charge is 0.493 e. The van der Waals surface area contributed by atoms with E-state index < -0.39 is 0 Å². The minimum absolute atomic E-state index is 0.0577. The Labute approximate surface area is 108 Å². The Kier molecular flexibility index (Phi) is 5.85. The molecule has 1 aromatic rings. The van der Waals surface area contributed by atoms with E-state index in [1.54, 1.807) is 25.1 Å². The minimum atomic E-state index is 0.0577. The molecule has 0 aliphatic heterocycles. The second-order valence-electron chi connectivity index (χ2n) is 4.47. The first-order chi connectivity index (χ1) is 8.63. The van der Waals surface area contributed by atoms with Gasteiger partial charge in [-0.15, -0.1) is 0 Å². The Morgan fingerprint density at radius 3 is 2.78 bits per heavy atom. The van der Waals surface area contributed by atoms with E-state index in [-0.39, 0.29) is 11.7 Å². The molecule has 0 N–H and O–H groups in total. The van der Waals surface area contributed by atoms with Crippen LogP contribution in [0.1, 0.15) is 37.2 Å². The normalized spacial score (nSPS) is 12.4. The molecule has 0 aliphatic carbocycles. The van der Waals surface area contributed by atoms with Crippen LogP contribution < -0.4 is 4.74 Å². The molecule has 1 atom stereocenters. The molecule has 0 saturated heterocycles. The van der Waals surface area contributed by atoms with Crippen molar-refractivity contribution >= 4 is 5.78 Å². The highest BCUT2D eigenvalue weighted by molar-refractivity contribution is 5.97. The monoisotopic (exact) mass is 254 g/mol. The van der Waals surface area contributed by atoms with Gasteiger partial charge in [0.1, 0.15) is 5.69 Å². The lowest BCUT2D eigenvalue weighted by atomic mass is 10.0. The number of nitrogens with zero attached hydrogens (tertiary/aromatic N) is 2. The maximum Gasteiger partial charge on any atom is 0.185 e. The van der Waals surface area contributed by atoms with Crippen molar-refractivity contribution < 1.29 is 14.3 Å². The van der Waals surface area contributed by atoms with Crippen LogP contribution in [-0.2, 0) is 11.3 Å². The highest BCUT2D eigenvalue weighted by Gasteiger charge is 2.20. The third-order valence-electron chi connectivity index (χ3n) is 2.71. The predicted octanol–water partition coefficient (Wildman–Crippen LogP) is 2.16. The van der Waals surface area contributed by atoms with E-state index in [1.807, 2.05) is 6.92 Å². The van der Waals surface area contributed by atoms with Gasteiger partial charge in [0, 0.05) is 26.7 Å². The zero-order chi connectivity index (χ0) is 13.5. The van der Waals surface area contributed by atoms with Crippen LogP contribution in [0.3, 0.4) is 0 Å². The second kappa shape index (κ2) is 7.16.